The summed E-state index contributed by atoms with van der Waals surface area (Å²) >= 11 is 0. The lowest BCUT2D eigenvalue weighted by molar-refractivity contribution is -0.134. The summed E-state index contributed by atoms with van der Waals surface area (Å²) in [5, 5.41) is 8.88. The number of likely N-dealkylation sites (tertiary alicyclic amines) is 1. The minimum atomic E-state index is -0.0930. The summed E-state index contributed by atoms with van der Waals surface area (Å²) in [7, 11) is 0. The second-order valence-electron chi connectivity index (χ2n) is 5.43. The number of nitriles is 1. The van der Waals surface area contributed by atoms with Gasteiger partial charge in [0.2, 0.25) is 5.91 Å². The third kappa shape index (κ3) is 2.78. The van der Waals surface area contributed by atoms with Crippen molar-refractivity contribution in [3.8, 4) is 6.07 Å². The van der Waals surface area contributed by atoms with Crippen LogP contribution in [0.5, 0.6) is 0 Å². The van der Waals surface area contributed by atoms with Crippen LogP contribution in [0.1, 0.15) is 35.1 Å². The van der Waals surface area contributed by atoms with Gasteiger partial charge < -0.3 is 4.90 Å². The molecule has 3 heteroatoms. The van der Waals surface area contributed by atoms with Crippen LogP contribution in [-0.2, 0) is 11.3 Å². The number of hydrogen-bond donors (Lipinski definition) is 0. The van der Waals surface area contributed by atoms with Crippen molar-refractivity contribution in [3.05, 3.63) is 34.4 Å². The fraction of sp³-hybridized carbons (Fsp3) is 0.500. The Morgan fingerprint density at radius 2 is 2.05 bits per heavy atom. The minimum absolute atomic E-state index is 0.0930. The maximum absolute atomic E-state index is 12.0. The van der Waals surface area contributed by atoms with Crippen molar-refractivity contribution in [2.45, 2.75) is 40.2 Å². The van der Waals surface area contributed by atoms with E-state index in [1.807, 2.05) is 4.90 Å². The monoisotopic (exact) mass is 256 g/mol. The average Bonchev–Trinajstić information content (AvgIpc) is 2.41. The van der Waals surface area contributed by atoms with E-state index in [1.165, 1.54) is 22.3 Å². The van der Waals surface area contributed by atoms with Gasteiger partial charge in [-0.15, -0.1) is 0 Å². The van der Waals surface area contributed by atoms with Crippen LogP contribution in [-0.4, -0.2) is 17.4 Å². The number of benzene rings is 1. The highest BCUT2D eigenvalue weighted by Crippen LogP contribution is 2.23. The summed E-state index contributed by atoms with van der Waals surface area (Å²) in [4.78, 5) is 13.9. The molecular weight excluding hydrogens is 236 g/mol. The average molecular weight is 256 g/mol. The zero-order valence-corrected chi connectivity index (χ0v) is 11.9. The molecule has 1 heterocycles. The molecule has 0 radical (unpaired) electrons. The quantitative estimate of drug-likeness (QED) is 0.816. The van der Waals surface area contributed by atoms with Crippen LogP contribution >= 0.6 is 0 Å². The molecule has 1 atom stereocenters. The molecule has 0 saturated carbocycles. The zero-order chi connectivity index (χ0) is 14.0. The zero-order valence-electron chi connectivity index (χ0n) is 11.9. The molecule has 2 rings (SSSR count). The molecule has 1 unspecified atom stereocenters. The summed E-state index contributed by atoms with van der Waals surface area (Å²) in [6, 6.07) is 6.43. The number of carbonyl (C=O) groups excluding carboxylic acids is 1. The Labute approximate surface area is 114 Å². The third-order valence-corrected chi connectivity index (χ3v) is 4.24. The van der Waals surface area contributed by atoms with Crippen molar-refractivity contribution in [1.29, 1.82) is 5.26 Å². The second kappa shape index (κ2) is 5.44. The van der Waals surface area contributed by atoms with Gasteiger partial charge in [-0.25, -0.2) is 0 Å². The lowest BCUT2D eigenvalue weighted by Gasteiger charge is -2.30. The fourth-order valence-electron chi connectivity index (χ4n) is 2.54. The first-order valence-electron chi connectivity index (χ1n) is 6.76. The number of hydrogen-bond acceptors (Lipinski definition) is 2. The summed E-state index contributed by atoms with van der Waals surface area (Å²) in [6.07, 6.45) is 1.17. The molecule has 100 valence electrons. The fourth-order valence-corrected chi connectivity index (χ4v) is 2.54. The summed E-state index contributed by atoms with van der Waals surface area (Å²) in [5.74, 6) is 0.0139. The highest BCUT2D eigenvalue weighted by molar-refractivity contribution is 5.77. The molecule has 1 saturated heterocycles. The standard InChI is InChI=1S/C16H20N2O/c1-11-4-5-15(13(3)12(11)2)10-18-7-6-14(9-17)8-16(18)19/h4-5,14H,6-8,10H2,1-3H3. The molecule has 0 N–H and O–H groups in total. The molecule has 1 aliphatic heterocycles. The van der Waals surface area contributed by atoms with Crippen molar-refractivity contribution in [2.24, 2.45) is 5.92 Å². The maximum atomic E-state index is 12.0. The largest absolute Gasteiger partial charge is 0.338 e. The van der Waals surface area contributed by atoms with Crippen LogP contribution in [0.15, 0.2) is 12.1 Å². The van der Waals surface area contributed by atoms with Gasteiger partial charge in [0.05, 0.1) is 12.0 Å². The first-order valence-corrected chi connectivity index (χ1v) is 6.76. The Hall–Kier alpha value is -1.82. The van der Waals surface area contributed by atoms with Gasteiger partial charge in [-0.05, 0) is 49.4 Å². The predicted octanol–water partition coefficient (Wildman–Crippen LogP) is 2.87. The van der Waals surface area contributed by atoms with E-state index >= 15 is 0 Å². The van der Waals surface area contributed by atoms with Gasteiger partial charge in [-0.3, -0.25) is 4.79 Å². The van der Waals surface area contributed by atoms with E-state index in [1.54, 1.807) is 0 Å². The Bertz CT molecular complexity index is 542. The molecule has 1 aromatic carbocycles. The first-order chi connectivity index (χ1) is 9.02. The molecule has 19 heavy (non-hydrogen) atoms. The van der Waals surface area contributed by atoms with Gasteiger partial charge in [0, 0.05) is 19.5 Å². The molecule has 1 aliphatic rings. The van der Waals surface area contributed by atoms with Crippen LogP contribution in [0.2, 0.25) is 0 Å². The van der Waals surface area contributed by atoms with Crippen LogP contribution < -0.4 is 0 Å². The number of rotatable bonds is 2. The van der Waals surface area contributed by atoms with Crippen molar-refractivity contribution < 1.29 is 4.79 Å². The highest BCUT2D eigenvalue weighted by Gasteiger charge is 2.25. The molecule has 1 fully saturated rings. The van der Waals surface area contributed by atoms with E-state index in [9.17, 15) is 4.79 Å². The van der Waals surface area contributed by atoms with Crippen LogP contribution in [0.25, 0.3) is 0 Å². The number of piperidine rings is 1. The lowest BCUT2D eigenvalue weighted by atomic mass is 9.95. The summed E-state index contributed by atoms with van der Waals surface area (Å²) < 4.78 is 0. The number of carbonyl (C=O) groups is 1. The lowest BCUT2D eigenvalue weighted by Crippen LogP contribution is -2.38. The van der Waals surface area contributed by atoms with Crippen molar-refractivity contribution in [1.82, 2.24) is 4.90 Å². The molecule has 0 bridgehead atoms. The molecule has 1 aromatic rings. The van der Waals surface area contributed by atoms with Crippen molar-refractivity contribution in [2.75, 3.05) is 6.54 Å². The molecule has 3 nitrogen and oxygen atoms in total. The van der Waals surface area contributed by atoms with Gasteiger partial charge in [-0.2, -0.15) is 5.26 Å². The molecule has 0 aromatic heterocycles. The summed E-state index contributed by atoms with van der Waals surface area (Å²) in [5.41, 5.74) is 5.08. The second-order valence-corrected chi connectivity index (χ2v) is 5.43. The van der Waals surface area contributed by atoms with E-state index in [0.717, 1.165) is 6.42 Å². The maximum Gasteiger partial charge on any atom is 0.224 e. The van der Waals surface area contributed by atoms with E-state index in [-0.39, 0.29) is 11.8 Å². The minimum Gasteiger partial charge on any atom is -0.338 e. The molecule has 1 amide bonds. The van der Waals surface area contributed by atoms with Crippen molar-refractivity contribution in [3.63, 3.8) is 0 Å². The van der Waals surface area contributed by atoms with E-state index in [2.05, 4.69) is 39.0 Å². The predicted molar refractivity (Wildman–Crippen MR) is 74.4 cm³/mol. The van der Waals surface area contributed by atoms with E-state index in [4.69, 9.17) is 5.26 Å². The normalized spacial score (nSPS) is 19.4. The van der Waals surface area contributed by atoms with Crippen LogP contribution in [0.3, 0.4) is 0 Å². The smallest absolute Gasteiger partial charge is 0.224 e. The third-order valence-electron chi connectivity index (χ3n) is 4.24. The first kappa shape index (κ1) is 13.6. The molecule has 0 spiro atoms. The number of nitrogens with zero attached hydrogens (tertiary/aromatic N) is 2. The van der Waals surface area contributed by atoms with Crippen LogP contribution in [0, 0.1) is 38.0 Å². The topological polar surface area (TPSA) is 44.1 Å². The number of aryl methyl sites for hydroxylation is 1. The van der Waals surface area contributed by atoms with Crippen molar-refractivity contribution >= 4 is 5.91 Å². The van der Waals surface area contributed by atoms with Gasteiger partial charge in [0.15, 0.2) is 0 Å². The van der Waals surface area contributed by atoms with Gasteiger partial charge in [0.25, 0.3) is 0 Å². The van der Waals surface area contributed by atoms with E-state index in [0.29, 0.717) is 19.5 Å². The Balaban J connectivity index is 2.13. The van der Waals surface area contributed by atoms with Gasteiger partial charge >= 0.3 is 0 Å². The van der Waals surface area contributed by atoms with Gasteiger partial charge in [-0.1, -0.05) is 12.1 Å². The van der Waals surface area contributed by atoms with Gasteiger partial charge in [0.1, 0.15) is 0 Å². The molecular formula is C16H20N2O. The SMILES string of the molecule is Cc1ccc(CN2CCC(C#N)CC2=O)c(C)c1C. The van der Waals surface area contributed by atoms with E-state index < -0.39 is 0 Å². The highest BCUT2D eigenvalue weighted by atomic mass is 16.2. The molecule has 0 aliphatic carbocycles. The Morgan fingerprint density at radius 3 is 2.68 bits per heavy atom. The van der Waals surface area contributed by atoms with Crippen LogP contribution in [0.4, 0.5) is 0 Å². The Morgan fingerprint density at radius 1 is 1.32 bits per heavy atom. The summed E-state index contributed by atoms with van der Waals surface area (Å²) in [6.45, 7) is 7.71. The Kier molecular flexibility index (Phi) is 3.90. The number of amides is 1.